The average Bonchev–Trinajstić information content (AvgIpc) is 2.71. The van der Waals surface area contributed by atoms with E-state index in [2.05, 4.69) is 14.8 Å². The first-order chi connectivity index (χ1) is 14.9. The normalized spacial score (nSPS) is 12.9. The smallest absolute Gasteiger partial charge is 0.422 e. The van der Waals surface area contributed by atoms with Gasteiger partial charge in [-0.05, 0) is 73.7 Å². The summed E-state index contributed by atoms with van der Waals surface area (Å²) in [4.78, 5) is 12.9. The Morgan fingerprint density at radius 1 is 1.12 bits per heavy atom. The third-order valence-corrected chi connectivity index (χ3v) is 6.64. The van der Waals surface area contributed by atoms with E-state index in [9.17, 15) is 26.4 Å². The van der Waals surface area contributed by atoms with Gasteiger partial charge in [-0.25, -0.2) is 8.42 Å². The van der Waals surface area contributed by atoms with E-state index in [1.807, 2.05) is 6.26 Å². The van der Waals surface area contributed by atoms with Crippen molar-refractivity contribution in [3.8, 4) is 5.75 Å². The van der Waals surface area contributed by atoms with E-state index in [0.29, 0.717) is 17.0 Å². The first-order valence-corrected chi connectivity index (χ1v) is 12.5. The molecule has 0 saturated heterocycles. The van der Waals surface area contributed by atoms with Crippen LogP contribution in [0, 0.1) is 13.8 Å². The van der Waals surface area contributed by atoms with Crippen LogP contribution >= 0.6 is 11.8 Å². The van der Waals surface area contributed by atoms with Crippen LogP contribution in [0.2, 0.25) is 0 Å². The number of alkyl halides is 3. The lowest BCUT2D eigenvalue weighted by atomic mass is 10.2. The number of nitrogens with one attached hydrogen (secondary N) is 2. The van der Waals surface area contributed by atoms with Gasteiger partial charge in [-0.1, -0.05) is 12.1 Å². The molecular formula is C21H25F3N2O4S2. The van der Waals surface area contributed by atoms with Gasteiger partial charge in [-0.15, -0.1) is 0 Å². The number of thioether (sulfide) groups is 1. The molecule has 1 amide bonds. The zero-order chi connectivity index (χ0) is 23.9. The van der Waals surface area contributed by atoms with Crippen molar-refractivity contribution in [1.29, 1.82) is 0 Å². The monoisotopic (exact) mass is 490 g/mol. The second-order valence-corrected chi connectivity index (χ2v) is 9.81. The highest BCUT2D eigenvalue weighted by atomic mass is 32.2. The van der Waals surface area contributed by atoms with Crippen LogP contribution in [0.5, 0.6) is 5.75 Å². The number of sulfonamides is 1. The SMILES string of the molecule is CSCCC(NS(=O)(=O)c1cc(C)ccc1C)C(=O)Nc1ccc(OCC(F)(F)F)cc1. The van der Waals surface area contributed by atoms with Crippen molar-refractivity contribution in [3.05, 3.63) is 53.6 Å². The molecule has 0 fully saturated rings. The molecule has 2 aromatic rings. The molecule has 0 aromatic heterocycles. The van der Waals surface area contributed by atoms with Crippen molar-refractivity contribution in [3.63, 3.8) is 0 Å². The quantitative estimate of drug-likeness (QED) is 0.519. The maximum atomic E-state index is 12.9. The summed E-state index contributed by atoms with van der Waals surface area (Å²) in [6.45, 7) is 2.03. The van der Waals surface area contributed by atoms with Crippen LogP contribution in [0.15, 0.2) is 47.4 Å². The lowest BCUT2D eigenvalue weighted by molar-refractivity contribution is -0.153. The molecular weight excluding hydrogens is 465 g/mol. The number of hydrogen-bond donors (Lipinski definition) is 2. The van der Waals surface area contributed by atoms with Crippen LogP contribution in [0.3, 0.4) is 0 Å². The van der Waals surface area contributed by atoms with Gasteiger partial charge in [-0.3, -0.25) is 4.79 Å². The summed E-state index contributed by atoms with van der Waals surface area (Å²) in [5.74, 6) is -0.0377. The van der Waals surface area contributed by atoms with Gasteiger partial charge in [0.05, 0.1) is 4.90 Å². The Kier molecular flexibility index (Phi) is 8.99. The lowest BCUT2D eigenvalue weighted by Gasteiger charge is -2.19. The van der Waals surface area contributed by atoms with Crippen molar-refractivity contribution in [2.45, 2.75) is 37.4 Å². The summed E-state index contributed by atoms with van der Waals surface area (Å²) >= 11 is 1.47. The second kappa shape index (κ2) is 11.1. The molecule has 11 heteroatoms. The number of rotatable bonds is 10. The van der Waals surface area contributed by atoms with Crippen molar-refractivity contribution in [2.24, 2.45) is 0 Å². The predicted molar refractivity (Wildman–Crippen MR) is 120 cm³/mol. The van der Waals surface area contributed by atoms with Crippen molar-refractivity contribution in [1.82, 2.24) is 4.72 Å². The van der Waals surface area contributed by atoms with E-state index in [4.69, 9.17) is 0 Å². The Morgan fingerprint density at radius 3 is 2.38 bits per heavy atom. The lowest BCUT2D eigenvalue weighted by Crippen LogP contribution is -2.44. The molecule has 176 valence electrons. The Labute approximate surface area is 190 Å². The Morgan fingerprint density at radius 2 is 1.78 bits per heavy atom. The number of aryl methyl sites for hydroxylation is 2. The molecule has 2 aromatic carbocycles. The maximum Gasteiger partial charge on any atom is 0.422 e. The minimum atomic E-state index is -4.45. The fourth-order valence-electron chi connectivity index (χ4n) is 2.76. The molecule has 0 aliphatic carbocycles. The third-order valence-electron chi connectivity index (χ3n) is 4.38. The van der Waals surface area contributed by atoms with Gasteiger partial charge < -0.3 is 10.1 Å². The fourth-order valence-corrected chi connectivity index (χ4v) is 4.79. The molecule has 6 nitrogen and oxygen atoms in total. The number of carbonyl (C=O) groups excluding carboxylic acids is 1. The topological polar surface area (TPSA) is 84.5 Å². The highest BCUT2D eigenvalue weighted by molar-refractivity contribution is 7.98. The van der Waals surface area contributed by atoms with Gasteiger partial charge in [0, 0.05) is 5.69 Å². The van der Waals surface area contributed by atoms with Gasteiger partial charge in [-0.2, -0.15) is 29.7 Å². The molecule has 32 heavy (non-hydrogen) atoms. The number of anilines is 1. The Bertz CT molecular complexity index is 1030. The van der Waals surface area contributed by atoms with E-state index < -0.39 is 34.8 Å². The minimum absolute atomic E-state index is 0.00474. The van der Waals surface area contributed by atoms with Crippen LogP contribution in [0.4, 0.5) is 18.9 Å². The highest BCUT2D eigenvalue weighted by Crippen LogP contribution is 2.21. The van der Waals surface area contributed by atoms with E-state index >= 15 is 0 Å². The average molecular weight is 491 g/mol. The molecule has 0 heterocycles. The van der Waals surface area contributed by atoms with Gasteiger partial charge in [0.2, 0.25) is 15.9 Å². The summed E-state index contributed by atoms with van der Waals surface area (Å²) in [6.07, 6.45) is -2.36. The van der Waals surface area contributed by atoms with Gasteiger partial charge in [0.25, 0.3) is 0 Å². The van der Waals surface area contributed by atoms with Gasteiger partial charge >= 0.3 is 6.18 Å². The molecule has 0 aliphatic rings. The number of hydrogen-bond acceptors (Lipinski definition) is 5. The van der Waals surface area contributed by atoms with E-state index in [-0.39, 0.29) is 17.1 Å². The van der Waals surface area contributed by atoms with Crippen LogP contribution in [0.25, 0.3) is 0 Å². The molecule has 0 spiro atoms. The summed E-state index contributed by atoms with van der Waals surface area (Å²) < 4.78 is 69.7. The standard InChI is InChI=1S/C21H25F3N2O4S2/c1-14-4-5-15(2)19(12-14)32(28,29)26-18(10-11-31-3)20(27)25-16-6-8-17(9-7-16)30-13-21(22,23)24/h4-9,12,18,26H,10-11,13H2,1-3H3,(H,25,27). The zero-order valence-electron chi connectivity index (χ0n) is 17.8. The van der Waals surface area contributed by atoms with Crippen molar-refractivity contribution >= 4 is 33.4 Å². The van der Waals surface area contributed by atoms with Crippen molar-refractivity contribution < 1.29 is 31.1 Å². The number of benzene rings is 2. The summed E-state index contributed by atoms with van der Waals surface area (Å²) in [5.41, 5.74) is 1.63. The highest BCUT2D eigenvalue weighted by Gasteiger charge is 2.29. The van der Waals surface area contributed by atoms with Crippen molar-refractivity contribution in [2.75, 3.05) is 23.9 Å². The molecule has 1 atom stereocenters. The molecule has 2 N–H and O–H groups in total. The number of halogens is 3. The molecule has 0 bridgehead atoms. The van der Waals surface area contributed by atoms with Crippen LogP contribution in [-0.2, 0) is 14.8 Å². The minimum Gasteiger partial charge on any atom is -0.484 e. The maximum absolute atomic E-state index is 12.9. The Balaban J connectivity index is 2.13. The molecule has 0 saturated carbocycles. The third kappa shape index (κ3) is 8.03. The number of ether oxygens (including phenoxy) is 1. The fraction of sp³-hybridized carbons (Fsp3) is 0.381. The predicted octanol–water partition coefficient (Wildman–Crippen LogP) is 4.28. The molecule has 0 aliphatic heterocycles. The van der Waals surface area contributed by atoms with Gasteiger partial charge in [0.15, 0.2) is 6.61 Å². The Hall–Kier alpha value is -2.24. The summed E-state index contributed by atoms with van der Waals surface area (Å²) in [6, 6.07) is 9.35. The first kappa shape index (κ1) is 26.0. The molecule has 2 rings (SSSR count). The zero-order valence-corrected chi connectivity index (χ0v) is 19.5. The first-order valence-electron chi connectivity index (χ1n) is 9.60. The van der Waals surface area contributed by atoms with E-state index in [1.165, 1.54) is 36.0 Å². The largest absolute Gasteiger partial charge is 0.484 e. The summed E-state index contributed by atoms with van der Waals surface area (Å²) in [5, 5.41) is 2.60. The second-order valence-electron chi connectivity index (χ2n) is 7.14. The van der Waals surface area contributed by atoms with E-state index in [0.717, 1.165) is 5.56 Å². The molecule has 1 unspecified atom stereocenters. The van der Waals surface area contributed by atoms with Crippen LogP contribution in [-0.4, -0.2) is 45.2 Å². The van der Waals surface area contributed by atoms with Crippen LogP contribution in [0.1, 0.15) is 17.5 Å². The van der Waals surface area contributed by atoms with Crippen LogP contribution < -0.4 is 14.8 Å². The number of amides is 1. The summed E-state index contributed by atoms with van der Waals surface area (Å²) in [7, 11) is -3.96. The number of carbonyl (C=O) groups is 1. The van der Waals surface area contributed by atoms with Gasteiger partial charge in [0.1, 0.15) is 11.8 Å². The van der Waals surface area contributed by atoms with E-state index in [1.54, 1.807) is 32.0 Å². The molecule has 0 radical (unpaired) electrons.